The molecule has 5 heteroatoms. The Hall–Kier alpha value is -2.14. The van der Waals surface area contributed by atoms with Gasteiger partial charge in [0.1, 0.15) is 5.82 Å². The summed E-state index contributed by atoms with van der Waals surface area (Å²) >= 11 is 1.73. The van der Waals surface area contributed by atoms with Crippen molar-refractivity contribution in [2.24, 2.45) is 0 Å². The Morgan fingerprint density at radius 1 is 1.06 bits per heavy atom. The largest absolute Gasteiger partial charge is 0.382 e. The van der Waals surface area contributed by atoms with Crippen molar-refractivity contribution in [1.29, 1.82) is 0 Å². The van der Waals surface area contributed by atoms with Crippen LogP contribution >= 0.6 is 11.3 Å². The fraction of sp³-hybridized carbons (Fsp3) is 0. The van der Waals surface area contributed by atoms with Crippen LogP contribution in [0.5, 0.6) is 0 Å². The summed E-state index contributed by atoms with van der Waals surface area (Å²) in [5.74, 6) is 1.11. The number of nitrogens with one attached hydrogen (secondary N) is 1. The minimum Gasteiger partial charge on any atom is -0.382 e. The molecule has 0 fully saturated rings. The molecule has 0 unspecified atom stereocenters. The fourth-order valence-corrected chi connectivity index (χ4v) is 2.37. The van der Waals surface area contributed by atoms with Crippen molar-refractivity contribution in [2.75, 3.05) is 11.1 Å². The van der Waals surface area contributed by atoms with E-state index in [0.717, 1.165) is 5.69 Å². The molecule has 0 aliphatic heterocycles. The van der Waals surface area contributed by atoms with Crippen molar-refractivity contribution in [3.8, 4) is 0 Å². The van der Waals surface area contributed by atoms with Gasteiger partial charge in [0, 0.05) is 10.4 Å². The number of anilines is 3. The third kappa shape index (κ3) is 2.05. The lowest BCUT2D eigenvalue weighted by Crippen LogP contribution is -1.97. The highest BCUT2D eigenvalue weighted by Crippen LogP contribution is 2.25. The summed E-state index contributed by atoms with van der Waals surface area (Å²) in [6, 6.07) is 11.8. The summed E-state index contributed by atoms with van der Waals surface area (Å²) < 4.78 is 1.28. The van der Waals surface area contributed by atoms with Gasteiger partial charge in [0.15, 0.2) is 5.82 Å². The smallest absolute Gasteiger partial charge is 0.153 e. The maximum Gasteiger partial charge on any atom is 0.153 e. The van der Waals surface area contributed by atoms with E-state index in [2.05, 4.69) is 39.1 Å². The van der Waals surface area contributed by atoms with Crippen molar-refractivity contribution in [1.82, 2.24) is 10.2 Å². The number of rotatable bonds is 2. The average molecular weight is 242 g/mol. The quantitative estimate of drug-likeness (QED) is 0.725. The van der Waals surface area contributed by atoms with Crippen LogP contribution in [0.15, 0.2) is 41.8 Å². The van der Waals surface area contributed by atoms with Gasteiger partial charge < -0.3 is 11.1 Å². The van der Waals surface area contributed by atoms with Gasteiger partial charge in [0.2, 0.25) is 0 Å². The van der Waals surface area contributed by atoms with Gasteiger partial charge in [-0.2, -0.15) is 0 Å². The highest BCUT2D eigenvalue weighted by molar-refractivity contribution is 7.17. The molecule has 3 aromatic rings. The highest BCUT2D eigenvalue weighted by atomic mass is 32.1. The molecule has 17 heavy (non-hydrogen) atoms. The van der Waals surface area contributed by atoms with Crippen LogP contribution in [0.3, 0.4) is 0 Å². The summed E-state index contributed by atoms with van der Waals surface area (Å²) in [4.78, 5) is 0. The van der Waals surface area contributed by atoms with Crippen molar-refractivity contribution < 1.29 is 0 Å². The van der Waals surface area contributed by atoms with Gasteiger partial charge in [0.05, 0.1) is 0 Å². The minimum atomic E-state index is 0.420. The molecule has 0 saturated carbocycles. The van der Waals surface area contributed by atoms with Crippen LogP contribution in [0.2, 0.25) is 0 Å². The van der Waals surface area contributed by atoms with Gasteiger partial charge in [-0.05, 0) is 47.2 Å². The summed E-state index contributed by atoms with van der Waals surface area (Å²) in [5.41, 5.74) is 6.48. The molecule has 4 nitrogen and oxygen atoms in total. The van der Waals surface area contributed by atoms with E-state index in [1.807, 2.05) is 6.07 Å². The molecule has 0 aliphatic carbocycles. The number of hydrogen-bond donors (Lipinski definition) is 2. The first kappa shape index (κ1) is 10.0. The Balaban J connectivity index is 1.91. The number of nitrogen functional groups attached to an aromatic ring is 1. The molecule has 0 bridgehead atoms. The Morgan fingerprint density at radius 3 is 2.82 bits per heavy atom. The monoisotopic (exact) mass is 242 g/mol. The van der Waals surface area contributed by atoms with Gasteiger partial charge in [-0.3, -0.25) is 0 Å². The Labute approximate surface area is 102 Å². The Bertz CT molecular complexity index is 645. The Kier molecular flexibility index (Phi) is 2.38. The van der Waals surface area contributed by atoms with E-state index in [0.29, 0.717) is 11.6 Å². The normalized spacial score (nSPS) is 10.6. The van der Waals surface area contributed by atoms with Crippen molar-refractivity contribution >= 4 is 38.7 Å². The molecule has 0 atom stereocenters. The number of aromatic nitrogens is 2. The number of nitrogens with zero attached hydrogens (tertiary/aromatic N) is 2. The molecule has 0 spiro atoms. The van der Waals surface area contributed by atoms with Crippen LogP contribution in [0.4, 0.5) is 17.3 Å². The predicted molar refractivity (Wildman–Crippen MR) is 71.6 cm³/mol. The molecule has 3 rings (SSSR count). The molecule has 1 aromatic carbocycles. The van der Waals surface area contributed by atoms with Crippen LogP contribution in [0, 0.1) is 0 Å². The molecule has 2 heterocycles. The van der Waals surface area contributed by atoms with Gasteiger partial charge >= 0.3 is 0 Å². The molecule has 0 aliphatic rings. The summed E-state index contributed by atoms with van der Waals surface area (Å²) in [7, 11) is 0. The summed E-state index contributed by atoms with van der Waals surface area (Å²) in [6.07, 6.45) is 0. The molecular formula is C12H10N4S. The third-order valence-corrected chi connectivity index (χ3v) is 3.31. The van der Waals surface area contributed by atoms with Crippen LogP contribution in [-0.2, 0) is 0 Å². The molecule has 3 N–H and O–H groups in total. The molecule has 0 saturated heterocycles. The number of thiophene rings is 1. The third-order valence-electron chi connectivity index (χ3n) is 2.41. The Morgan fingerprint density at radius 2 is 2.00 bits per heavy atom. The van der Waals surface area contributed by atoms with E-state index >= 15 is 0 Å². The SMILES string of the molecule is Nc1ccc(Nc2ccc3sccc3c2)nn1. The lowest BCUT2D eigenvalue weighted by atomic mass is 10.2. The van der Waals surface area contributed by atoms with Gasteiger partial charge in [-0.25, -0.2) is 0 Å². The first-order valence-electron chi connectivity index (χ1n) is 5.15. The van der Waals surface area contributed by atoms with Gasteiger partial charge in [0.25, 0.3) is 0 Å². The van der Waals surface area contributed by atoms with Gasteiger partial charge in [-0.1, -0.05) is 0 Å². The zero-order valence-corrected chi connectivity index (χ0v) is 9.74. The van der Waals surface area contributed by atoms with E-state index in [-0.39, 0.29) is 0 Å². The second-order valence-electron chi connectivity index (χ2n) is 3.64. The average Bonchev–Trinajstić information content (AvgIpc) is 2.79. The first-order valence-corrected chi connectivity index (χ1v) is 6.03. The lowest BCUT2D eigenvalue weighted by Gasteiger charge is -2.04. The van der Waals surface area contributed by atoms with E-state index in [9.17, 15) is 0 Å². The second-order valence-corrected chi connectivity index (χ2v) is 4.59. The standard InChI is InChI=1S/C12H10N4S/c13-11-3-4-12(16-15-11)14-9-1-2-10-8(7-9)5-6-17-10/h1-7H,(H2,13,15)(H,14,16). The van der Waals surface area contributed by atoms with E-state index in [1.165, 1.54) is 10.1 Å². The first-order chi connectivity index (χ1) is 8.31. The van der Waals surface area contributed by atoms with Crippen molar-refractivity contribution in [3.05, 3.63) is 41.8 Å². The second kappa shape index (κ2) is 4.03. The topological polar surface area (TPSA) is 63.8 Å². The maximum absolute atomic E-state index is 5.48. The van der Waals surface area contributed by atoms with E-state index < -0.39 is 0 Å². The van der Waals surface area contributed by atoms with Crippen molar-refractivity contribution in [2.45, 2.75) is 0 Å². The summed E-state index contributed by atoms with van der Waals surface area (Å²) in [5, 5.41) is 14.2. The summed E-state index contributed by atoms with van der Waals surface area (Å²) in [6.45, 7) is 0. The number of fused-ring (bicyclic) bond motifs is 1. The predicted octanol–water partition coefficient (Wildman–Crippen LogP) is 3.02. The maximum atomic E-state index is 5.48. The van der Waals surface area contributed by atoms with Crippen LogP contribution in [0.25, 0.3) is 10.1 Å². The highest BCUT2D eigenvalue weighted by Gasteiger charge is 1.99. The molecular weight excluding hydrogens is 232 g/mol. The van der Waals surface area contributed by atoms with Crippen molar-refractivity contribution in [3.63, 3.8) is 0 Å². The minimum absolute atomic E-state index is 0.420. The van der Waals surface area contributed by atoms with Crippen LogP contribution in [0.1, 0.15) is 0 Å². The van der Waals surface area contributed by atoms with E-state index in [1.54, 1.807) is 23.5 Å². The molecule has 0 amide bonds. The molecule has 0 radical (unpaired) electrons. The molecule has 84 valence electrons. The molecule has 2 aromatic heterocycles. The number of hydrogen-bond acceptors (Lipinski definition) is 5. The number of benzene rings is 1. The zero-order chi connectivity index (χ0) is 11.7. The number of nitrogens with two attached hydrogens (primary N) is 1. The van der Waals surface area contributed by atoms with E-state index in [4.69, 9.17) is 5.73 Å². The zero-order valence-electron chi connectivity index (χ0n) is 8.92. The lowest BCUT2D eigenvalue weighted by molar-refractivity contribution is 1.05. The fourth-order valence-electron chi connectivity index (χ4n) is 1.60. The van der Waals surface area contributed by atoms with Crippen LogP contribution < -0.4 is 11.1 Å². The van der Waals surface area contributed by atoms with Gasteiger partial charge in [-0.15, -0.1) is 21.5 Å². The van der Waals surface area contributed by atoms with Crippen LogP contribution in [-0.4, -0.2) is 10.2 Å².